The molecule has 1 aromatic rings. The van der Waals surface area contributed by atoms with E-state index in [9.17, 15) is 26.8 Å². The van der Waals surface area contributed by atoms with Crippen LogP contribution in [0.3, 0.4) is 0 Å². The maximum atomic E-state index is 10.7. The molecule has 0 aliphatic rings. The van der Waals surface area contributed by atoms with Gasteiger partial charge in [-0.25, -0.2) is 22.1 Å². The fraction of sp³-hybridized carbons (Fsp3) is 0.333. The summed E-state index contributed by atoms with van der Waals surface area (Å²) in [6, 6.07) is 6.66. The molecule has 20 heavy (non-hydrogen) atoms. The molecule has 0 spiro atoms. The van der Waals surface area contributed by atoms with Crippen LogP contribution in [0.25, 0.3) is 0 Å². The van der Waals surface area contributed by atoms with Crippen molar-refractivity contribution in [3.63, 3.8) is 0 Å². The third kappa shape index (κ3) is 6.07. The summed E-state index contributed by atoms with van der Waals surface area (Å²) in [5, 5.41) is 0. The molecular formula is C9H13F3O6S2. The van der Waals surface area contributed by atoms with Crippen LogP contribution in [0.1, 0.15) is 5.56 Å². The minimum atomic E-state index is -6.09. The minimum absolute atomic E-state index is 0.203. The molecule has 1 aromatic carbocycles. The molecule has 0 heterocycles. The van der Waals surface area contributed by atoms with Crippen molar-refractivity contribution in [1.82, 2.24) is 0 Å². The van der Waals surface area contributed by atoms with Gasteiger partial charge in [-0.15, -0.1) is 0 Å². The lowest BCUT2D eigenvalue weighted by Crippen LogP contribution is -2.40. The number of aryl methyl sites for hydroxylation is 1. The molecule has 0 bridgehead atoms. The SMILES string of the molecule is Cc1ccccc1[S+](C)(O)(O)O.O=S(=O)([O-])C(F)(F)F. The first kappa shape index (κ1) is 19.1. The molecule has 6 nitrogen and oxygen atoms in total. The molecule has 0 fully saturated rings. The van der Waals surface area contributed by atoms with E-state index in [4.69, 9.17) is 13.0 Å². The largest absolute Gasteiger partial charge is 0.741 e. The van der Waals surface area contributed by atoms with Gasteiger partial charge in [-0.05, 0) is 13.0 Å². The zero-order chi connectivity index (χ0) is 16.4. The molecule has 0 saturated carbocycles. The maximum absolute atomic E-state index is 10.7. The third-order valence-electron chi connectivity index (χ3n) is 1.89. The summed E-state index contributed by atoms with van der Waals surface area (Å²) in [6.45, 7) is 1.72. The molecular weight excluding hydrogens is 325 g/mol. The van der Waals surface area contributed by atoms with E-state index in [0.717, 1.165) is 6.26 Å². The Kier molecular flexibility index (Phi) is 5.27. The molecule has 1 rings (SSSR count). The summed E-state index contributed by atoms with van der Waals surface area (Å²) >= 11 is 0. The molecule has 0 aromatic heterocycles. The highest BCUT2D eigenvalue weighted by molar-refractivity contribution is 8.15. The first-order valence-electron chi connectivity index (χ1n) is 4.76. The second kappa shape index (κ2) is 5.50. The van der Waals surface area contributed by atoms with Crippen molar-refractivity contribution < 1.29 is 39.8 Å². The van der Waals surface area contributed by atoms with E-state index < -0.39 is 25.6 Å². The Balaban J connectivity index is 0.000000396. The van der Waals surface area contributed by atoms with Crippen LogP contribution < -0.4 is 0 Å². The topological polar surface area (TPSA) is 118 Å². The Hall–Kier alpha value is -0.850. The van der Waals surface area contributed by atoms with E-state index in [1.165, 1.54) is 6.07 Å². The molecule has 0 saturated heterocycles. The highest BCUT2D eigenvalue weighted by Gasteiger charge is 2.40. The number of hydrogen-bond acceptors (Lipinski definition) is 6. The van der Waals surface area contributed by atoms with Crippen molar-refractivity contribution in [3.8, 4) is 0 Å². The second-order valence-electron chi connectivity index (χ2n) is 3.94. The van der Waals surface area contributed by atoms with E-state index in [0.29, 0.717) is 5.56 Å². The van der Waals surface area contributed by atoms with Gasteiger partial charge in [-0.2, -0.15) is 13.2 Å². The summed E-state index contributed by atoms with van der Waals surface area (Å²) in [4.78, 5) is 0.203. The number of alkyl halides is 3. The molecule has 0 aliphatic heterocycles. The molecule has 0 amide bonds. The summed E-state index contributed by atoms with van der Waals surface area (Å²) in [6.07, 6.45) is 1.04. The van der Waals surface area contributed by atoms with E-state index in [2.05, 4.69) is 0 Å². The van der Waals surface area contributed by atoms with Crippen molar-refractivity contribution in [2.45, 2.75) is 17.3 Å². The van der Waals surface area contributed by atoms with Gasteiger partial charge in [-0.1, -0.05) is 18.2 Å². The first-order chi connectivity index (χ1) is 8.52. The van der Waals surface area contributed by atoms with E-state index in [-0.39, 0.29) is 4.90 Å². The van der Waals surface area contributed by atoms with Gasteiger partial charge in [0.1, 0.15) is 16.3 Å². The minimum Gasteiger partial charge on any atom is -0.741 e. The Morgan fingerprint density at radius 2 is 1.50 bits per heavy atom. The van der Waals surface area contributed by atoms with Gasteiger partial charge in [0, 0.05) is 5.56 Å². The molecule has 11 heteroatoms. The molecule has 0 unspecified atom stereocenters. The number of halogens is 3. The van der Waals surface area contributed by atoms with Crippen molar-refractivity contribution in [2.24, 2.45) is 0 Å². The average Bonchev–Trinajstić information content (AvgIpc) is 2.12. The van der Waals surface area contributed by atoms with E-state index >= 15 is 0 Å². The second-order valence-corrected chi connectivity index (χ2v) is 8.29. The van der Waals surface area contributed by atoms with Crippen LogP contribution in [0, 0.1) is 6.92 Å². The fourth-order valence-corrected chi connectivity index (χ4v) is 2.31. The first-order valence-corrected chi connectivity index (χ1v) is 8.49. The quantitative estimate of drug-likeness (QED) is 0.410. The number of hydrogen-bond donors (Lipinski definition) is 3. The third-order valence-corrected chi connectivity index (χ3v) is 3.95. The number of rotatable bonds is 1. The van der Waals surface area contributed by atoms with Gasteiger partial charge in [0.2, 0.25) is 0 Å². The van der Waals surface area contributed by atoms with Crippen LogP contribution in [0.2, 0.25) is 0 Å². The summed E-state index contributed by atoms with van der Waals surface area (Å²) in [5.74, 6) is 0. The lowest BCUT2D eigenvalue weighted by Gasteiger charge is -2.31. The Labute approximate surface area is 114 Å². The average molecular weight is 338 g/mol. The van der Waals surface area contributed by atoms with Crippen LogP contribution in [-0.2, 0) is 20.1 Å². The Morgan fingerprint density at radius 1 is 1.15 bits per heavy atom. The molecule has 0 aliphatic carbocycles. The lowest BCUT2D eigenvalue weighted by atomic mass is 10.2. The van der Waals surface area contributed by atoms with Crippen LogP contribution in [-0.4, -0.2) is 38.4 Å². The van der Waals surface area contributed by atoms with E-state index in [1.54, 1.807) is 25.1 Å². The monoisotopic (exact) mass is 338 g/mol. The van der Waals surface area contributed by atoms with Crippen LogP contribution in [0.15, 0.2) is 29.2 Å². The predicted molar refractivity (Wildman–Crippen MR) is 66.4 cm³/mol. The van der Waals surface area contributed by atoms with Crippen molar-refractivity contribution in [1.29, 1.82) is 0 Å². The summed E-state index contributed by atoms with van der Waals surface area (Å²) in [5.41, 5.74) is -4.97. The predicted octanol–water partition coefficient (Wildman–Crippen LogP) is 2.14. The smallest absolute Gasteiger partial charge is 0.485 e. The summed E-state index contributed by atoms with van der Waals surface area (Å²) < 4.78 is 87.0. The van der Waals surface area contributed by atoms with E-state index in [1.807, 2.05) is 0 Å². The van der Waals surface area contributed by atoms with Gasteiger partial charge in [-0.3, -0.25) is 0 Å². The summed E-state index contributed by atoms with van der Waals surface area (Å²) in [7, 11) is -10.4. The van der Waals surface area contributed by atoms with Crippen LogP contribution in [0.4, 0.5) is 13.2 Å². The van der Waals surface area contributed by atoms with Crippen molar-refractivity contribution in [2.75, 3.05) is 6.26 Å². The van der Waals surface area contributed by atoms with Gasteiger partial charge in [0.05, 0.1) is 0 Å². The van der Waals surface area contributed by atoms with Gasteiger partial charge < -0.3 is 4.55 Å². The van der Waals surface area contributed by atoms with Crippen molar-refractivity contribution >= 4 is 20.1 Å². The van der Waals surface area contributed by atoms with Gasteiger partial charge in [0.25, 0.3) is 0 Å². The van der Waals surface area contributed by atoms with Crippen LogP contribution >= 0.6 is 0 Å². The van der Waals surface area contributed by atoms with Crippen LogP contribution in [0.5, 0.6) is 0 Å². The van der Waals surface area contributed by atoms with Gasteiger partial charge >= 0.3 is 5.51 Å². The van der Waals surface area contributed by atoms with Crippen molar-refractivity contribution in [3.05, 3.63) is 29.8 Å². The zero-order valence-corrected chi connectivity index (χ0v) is 12.0. The molecule has 0 atom stereocenters. The zero-order valence-electron chi connectivity index (χ0n) is 10.3. The maximum Gasteiger partial charge on any atom is 0.485 e. The molecule has 118 valence electrons. The standard InChI is InChI=1S/C8H13O3S.CHF3O3S/c1-7-5-3-4-6-8(7)12(2,9,10)11;2-1(3,4)8(5,6)7/h3-6,9-11H,1-2H3;(H,5,6,7)/q+1;/p-1. The highest BCUT2D eigenvalue weighted by Crippen LogP contribution is 2.34. The Bertz CT molecular complexity index is 564. The normalized spacial score (nSPS) is 14.8. The highest BCUT2D eigenvalue weighted by atomic mass is 32.3. The molecule has 0 radical (unpaired) electrons. The Morgan fingerprint density at radius 3 is 1.70 bits per heavy atom. The van der Waals surface area contributed by atoms with Gasteiger partial charge in [0.15, 0.2) is 15.0 Å². The fourth-order valence-electron chi connectivity index (χ4n) is 1.09. The number of benzene rings is 1. The molecule has 3 N–H and O–H groups in total. The lowest BCUT2D eigenvalue weighted by molar-refractivity contribution is -0.0517.